The fraction of sp³-hybridized carbons (Fsp3) is 0.571. The molecular weight excluding hydrogens is 312 g/mol. The van der Waals surface area contributed by atoms with E-state index in [-0.39, 0.29) is 11.5 Å². The standard InChI is InChI=1S/C14H21ClN2O3S/c15-14-5-4-13(10-12(14)11-18)21(19,20)16-6-3-9-17-7-1-2-8-17/h4-5,10,16,18H,1-3,6-9,11H2. The van der Waals surface area contributed by atoms with Crippen molar-refractivity contribution in [2.24, 2.45) is 0 Å². The average Bonchev–Trinajstić information content (AvgIpc) is 2.97. The van der Waals surface area contributed by atoms with Crippen LogP contribution in [-0.4, -0.2) is 44.6 Å². The summed E-state index contributed by atoms with van der Waals surface area (Å²) in [7, 11) is -3.54. The smallest absolute Gasteiger partial charge is 0.240 e. The van der Waals surface area contributed by atoms with E-state index in [2.05, 4.69) is 9.62 Å². The minimum atomic E-state index is -3.54. The molecule has 1 aliphatic rings. The minimum Gasteiger partial charge on any atom is -0.392 e. The zero-order valence-corrected chi connectivity index (χ0v) is 13.5. The molecule has 1 fully saturated rings. The molecule has 0 amide bonds. The number of sulfonamides is 1. The largest absolute Gasteiger partial charge is 0.392 e. The van der Waals surface area contributed by atoms with Gasteiger partial charge in [0.05, 0.1) is 11.5 Å². The van der Waals surface area contributed by atoms with Gasteiger partial charge in [0.1, 0.15) is 0 Å². The van der Waals surface area contributed by atoms with E-state index in [1.54, 1.807) is 0 Å². The molecule has 7 heteroatoms. The number of hydrogen-bond acceptors (Lipinski definition) is 4. The van der Waals surface area contributed by atoms with Crippen molar-refractivity contribution < 1.29 is 13.5 Å². The second-order valence-electron chi connectivity index (χ2n) is 5.21. The summed E-state index contributed by atoms with van der Waals surface area (Å²) in [4.78, 5) is 2.48. The Labute approximate surface area is 131 Å². The van der Waals surface area contributed by atoms with Gasteiger partial charge in [0.25, 0.3) is 0 Å². The SMILES string of the molecule is O=S(=O)(NCCCN1CCCC1)c1ccc(Cl)c(CO)c1. The lowest BCUT2D eigenvalue weighted by Gasteiger charge is -2.14. The number of hydrogen-bond donors (Lipinski definition) is 2. The Morgan fingerprint density at radius 2 is 2.00 bits per heavy atom. The Kier molecular flexibility index (Phi) is 6.01. The van der Waals surface area contributed by atoms with Crippen molar-refractivity contribution in [3.05, 3.63) is 28.8 Å². The van der Waals surface area contributed by atoms with E-state index in [0.717, 1.165) is 26.1 Å². The van der Waals surface area contributed by atoms with Gasteiger partial charge >= 0.3 is 0 Å². The summed E-state index contributed by atoms with van der Waals surface area (Å²) in [6.45, 7) is 3.28. The molecule has 118 valence electrons. The molecule has 1 aromatic carbocycles. The lowest BCUT2D eigenvalue weighted by atomic mass is 10.2. The molecule has 1 aliphatic heterocycles. The molecule has 0 radical (unpaired) electrons. The summed E-state index contributed by atoms with van der Waals surface area (Å²) in [5, 5.41) is 9.50. The van der Waals surface area contributed by atoms with Gasteiger partial charge < -0.3 is 10.0 Å². The van der Waals surface area contributed by atoms with Crippen LogP contribution >= 0.6 is 11.6 Å². The van der Waals surface area contributed by atoms with Crippen molar-refractivity contribution in [1.82, 2.24) is 9.62 Å². The predicted molar refractivity (Wildman–Crippen MR) is 82.9 cm³/mol. The van der Waals surface area contributed by atoms with Gasteiger partial charge in [-0.15, -0.1) is 0 Å². The van der Waals surface area contributed by atoms with Gasteiger partial charge in [-0.1, -0.05) is 11.6 Å². The first kappa shape index (κ1) is 16.7. The first-order valence-corrected chi connectivity index (χ1v) is 9.00. The fourth-order valence-corrected chi connectivity index (χ4v) is 3.74. The highest BCUT2D eigenvalue weighted by Gasteiger charge is 2.16. The van der Waals surface area contributed by atoms with Crippen molar-refractivity contribution in [1.29, 1.82) is 0 Å². The van der Waals surface area contributed by atoms with E-state index < -0.39 is 10.0 Å². The molecule has 0 aromatic heterocycles. The number of halogens is 1. The van der Waals surface area contributed by atoms with Crippen LogP contribution in [0.25, 0.3) is 0 Å². The number of rotatable bonds is 7. The highest BCUT2D eigenvalue weighted by Crippen LogP contribution is 2.20. The molecule has 0 unspecified atom stereocenters. The van der Waals surface area contributed by atoms with Crippen LogP contribution in [-0.2, 0) is 16.6 Å². The zero-order valence-electron chi connectivity index (χ0n) is 11.9. The molecule has 1 heterocycles. The summed E-state index contributed by atoms with van der Waals surface area (Å²) in [5.41, 5.74) is 0.414. The Balaban J connectivity index is 1.88. The van der Waals surface area contributed by atoms with Crippen molar-refractivity contribution in [3.8, 4) is 0 Å². The minimum absolute atomic E-state index is 0.136. The topological polar surface area (TPSA) is 69.6 Å². The van der Waals surface area contributed by atoms with Crippen molar-refractivity contribution in [2.45, 2.75) is 30.8 Å². The number of nitrogens with zero attached hydrogens (tertiary/aromatic N) is 1. The fourth-order valence-electron chi connectivity index (χ4n) is 2.44. The monoisotopic (exact) mass is 332 g/mol. The van der Waals surface area contributed by atoms with Crippen LogP contribution in [0.4, 0.5) is 0 Å². The summed E-state index contributed by atoms with van der Waals surface area (Å²) >= 11 is 5.87. The van der Waals surface area contributed by atoms with E-state index in [4.69, 9.17) is 16.7 Å². The van der Waals surface area contributed by atoms with Crippen LogP contribution in [0.3, 0.4) is 0 Å². The van der Waals surface area contributed by atoms with Gasteiger partial charge in [-0.25, -0.2) is 13.1 Å². The third-order valence-corrected chi connectivity index (χ3v) is 5.47. The lowest BCUT2D eigenvalue weighted by molar-refractivity contribution is 0.281. The molecule has 0 bridgehead atoms. The van der Waals surface area contributed by atoms with E-state index in [9.17, 15) is 8.42 Å². The van der Waals surface area contributed by atoms with Crippen LogP contribution in [0.2, 0.25) is 5.02 Å². The normalized spacial score (nSPS) is 16.5. The van der Waals surface area contributed by atoms with Gasteiger partial charge in [0, 0.05) is 11.6 Å². The first-order valence-electron chi connectivity index (χ1n) is 7.14. The van der Waals surface area contributed by atoms with Crippen LogP contribution in [0.5, 0.6) is 0 Å². The highest BCUT2D eigenvalue weighted by molar-refractivity contribution is 7.89. The quantitative estimate of drug-likeness (QED) is 0.744. The third kappa shape index (κ3) is 4.66. The Morgan fingerprint density at radius 3 is 2.67 bits per heavy atom. The first-order chi connectivity index (χ1) is 10.0. The van der Waals surface area contributed by atoms with Crippen molar-refractivity contribution >= 4 is 21.6 Å². The van der Waals surface area contributed by atoms with Gasteiger partial charge in [-0.2, -0.15) is 0 Å². The molecule has 5 nitrogen and oxygen atoms in total. The number of aliphatic hydroxyl groups is 1. The molecule has 0 spiro atoms. The molecule has 0 aliphatic carbocycles. The summed E-state index contributed by atoms with van der Waals surface area (Å²) < 4.78 is 26.9. The average molecular weight is 333 g/mol. The molecule has 2 rings (SSSR count). The molecular formula is C14H21ClN2O3S. The lowest BCUT2D eigenvalue weighted by Crippen LogP contribution is -2.28. The Bertz CT molecular complexity index is 572. The van der Waals surface area contributed by atoms with E-state index in [0.29, 0.717) is 17.1 Å². The van der Waals surface area contributed by atoms with E-state index >= 15 is 0 Å². The van der Waals surface area contributed by atoms with Gasteiger partial charge in [-0.05, 0) is 62.7 Å². The summed E-state index contributed by atoms with van der Waals surface area (Å²) in [6, 6.07) is 4.35. The molecule has 1 saturated heterocycles. The second kappa shape index (κ2) is 7.56. The van der Waals surface area contributed by atoms with Gasteiger partial charge in [-0.3, -0.25) is 0 Å². The van der Waals surface area contributed by atoms with Crippen LogP contribution in [0, 0.1) is 0 Å². The Morgan fingerprint density at radius 1 is 1.29 bits per heavy atom. The van der Waals surface area contributed by atoms with Crippen LogP contribution in [0.15, 0.2) is 23.1 Å². The predicted octanol–water partition coefficient (Wildman–Crippen LogP) is 1.60. The zero-order chi connectivity index (χ0) is 15.3. The number of nitrogens with one attached hydrogen (secondary N) is 1. The van der Waals surface area contributed by atoms with E-state index in [1.165, 1.54) is 31.0 Å². The maximum absolute atomic E-state index is 12.2. The maximum Gasteiger partial charge on any atom is 0.240 e. The maximum atomic E-state index is 12.2. The summed E-state index contributed by atoms with van der Waals surface area (Å²) in [6.07, 6.45) is 3.26. The van der Waals surface area contributed by atoms with Crippen LogP contribution < -0.4 is 4.72 Å². The van der Waals surface area contributed by atoms with Gasteiger partial charge in [0.15, 0.2) is 0 Å². The van der Waals surface area contributed by atoms with Crippen molar-refractivity contribution in [3.63, 3.8) is 0 Å². The van der Waals surface area contributed by atoms with Crippen molar-refractivity contribution in [2.75, 3.05) is 26.2 Å². The molecule has 0 atom stereocenters. The summed E-state index contributed by atoms with van der Waals surface area (Å²) in [5.74, 6) is 0. The molecule has 21 heavy (non-hydrogen) atoms. The number of likely N-dealkylation sites (tertiary alicyclic amines) is 1. The van der Waals surface area contributed by atoms with Crippen LogP contribution in [0.1, 0.15) is 24.8 Å². The molecule has 0 saturated carbocycles. The second-order valence-corrected chi connectivity index (χ2v) is 7.39. The number of benzene rings is 1. The van der Waals surface area contributed by atoms with E-state index in [1.807, 2.05) is 0 Å². The Hall–Kier alpha value is -0.660. The molecule has 1 aromatic rings. The van der Waals surface area contributed by atoms with Gasteiger partial charge in [0.2, 0.25) is 10.0 Å². The number of aliphatic hydroxyl groups excluding tert-OH is 1. The highest BCUT2D eigenvalue weighted by atomic mass is 35.5. The molecule has 2 N–H and O–H groups in total. The third-order valence-electron chi connectivity index (χ3n) is 3.64.